The molecule has 1 aliphatic rings. The first-order valence-corrected chi connectivity index (χ1v) is 11.1. The molecule has 29 heavy (non-hydrogen) atoms. The number of amides is 1. The van der Waals surface area contributed by atoms with E-state index in [2.05, 4.69) is 15.4 Å². The summed E-state index contributed by atoms with van der Waals surface area (Å²) >= 11 is 0. The molecule has 3 heterocycles. The third-order valence-corrected chi connectivity index (χ3v) is 6.46. The molecule has 1 aromatic carbocycles. The Balaban J connectivity index is 1.59. The molecule has 1 aliphatic heterocycles. The van der Waals surface area contributed by atoms with Crippen LogP contribution in [0.4, 0.5) is 0 Å². The topological polar surface area (TPSA) is 93.9 Å². The van der Waals surface area contributed by atoms with Gasteiger partial charge in [0.2, 0.25) is 5.91 Å². The van der Waals surface area contributed by atoms with Crippen LogP contribution in [0.25, 0.3) is 23.0 Å². The summed E-state index contributed by atoms with van der Waals surface area (Å²) in [5.41, 5.74) is 3.20. The highest BCUT2D eigenvalue weighted by Crippen LogP contribution is 2.24. The van der Waals surface area contributed by atoms with Gasteiger partial charge in [-0.15, -0.1) is 0 Å². The molecule has 0 spiro atoms. The molecule has 0 aliphatic carbocycles. The second kappa shape index (κ2) is 8.00. The lowest BCUT2D eigenvalue weighted by Gasteiger charge is -2.07. The van der Waals surface area contributed by atoms with E-state index < -0.39 is 9.84 Å². The Kier molecular flexibility index (Phi) is 5.26. The van der Waals surface area contributed by atoms with E-state index in [9.17, 15) is 13.2 Å². The first-order valence-electron chi connectivity index (χ1n) is 9.25. The highest BCUT2D eigenvalue weighted by molar-refractivity contribution is 7.91. The predicted molar refractivity (Wildman–Crippen MR) is 111 cm³/mol. The molecule has 1 unspecified atom stereocenters. The molecule has 1 fully saturated rings. The maximum atomic E-state index is 12.3. The third-order valence-electron chi connectivity index (χ3n) is 4.69. The van der Waals surface area contributed by atoms with Crippen LogP contribution < -0.4 is 5.32 Å². The Morgan fingerprint density at radius 1 is 1.17 bits per heavy atom. The summed E-state index contributed by atoms with van der Waals surface area (Å²) in [4.78, 5) is 16.4. The van der Waals surface area contributed by atoms with Gasteiger partial charge < -0.3 is 5.32 Å². The van der Waals surface area contributed by atoms with Gasteiger partial charge >= 0.3 is 0 Å². The molecule has 1 atom stereocenters. The fourth-order valence-electron chi connectivity index (χ4n) is 3.27. The molecule has 1 saturated heterocycles. The Morgan fingerprint density at radius 3 is 2.69 bits per heavy atom. The average Bonchev–Trinajstić information content (AvgIpc) is 3.30. The van der Waals surface area contributed by atoms with Crippen molar-refractivity contribution < 1.29 is 13.2 Å². The van der Waals surface area contributed by atoms with Crippen molar-refractivity contribution in [3.8, 4) is 16.9 Å². The summed E-state index contributed by atoms with van der Waals surface area (Å²) in [5, 5.41) is 7.42. The minimum Gasteiger partial charge on any atom is -0.349 e. The fraction of sp³-hybridized carbons (Fsp3) is 0.190. The molecule has 3 aromatic rings. The number of nitrogens with zero attached hydrogens (tertiary/aromatic N) is 3. The molecule has 0 bridgehead atoms. The van der Waals surface area contributed by atoms with Crippen molar-refractivity contribution >= 4 is 21.8 Å². The fourth-order valence-corrected chi connectivity index (χ4v) is 4.95. The molecular weight excluding hydrogens is 388 g/mol. The Hall–Kier alpha value is -3.26. The van der Waals surface area contributed by atoms with Gasteiger partial charge in [-0.25, -0.2) is 13.1 Å². The SMILES string of the molecule is O=C(/C=C/c1cn(-c2ccccc2)nc1-c1cccnc1)NC1CCS(=O)(=O)C1. The van der Waals surface area contributed by atoms with Gasteiger partial charge in [-0.1, -0.05) is 18.2 Å². The van der Waals surface area contributed by atoms with Gasteiger partial charge in [-0.2, -0.15) is 5.10 Å². The van der Waals surface area contributed by atoms with Crippen molar-refractivity contribution in [3.05, 3.63) is 72.7 Å². The quantitative estimate of drug-likeness (QED) is 0.654. The number of carbonyl (C=O) groups is 1. The summed E-state index contributed by atoms with van der Waals surface area (Å²) in [5.74, 6) is -0.201. The molecule has 0 saturated carbocycles. The van der Waals surface area contributed by atoms with Crippen molar-refractivity contribution in [1.82, 2.24) is 20.1 Å². The molecule has 1 amide bonds. The maximum absolute atomic E-state index is 12.3. The third kappa shape index (κ3) is 4.60. The Morgan fingerprint density at radius 2 is 2.00 bits per heavy atom. The van der Waals surface area contributed by atoms with E-state index in [1.807, 2.05) is 48.7 Å². The summed E-state index contributed by atoms with van der Waals surface area (Å²) in [6.45, 7) is 0. The minimum atomic E-state index is -3.04. The predicted octanol–water partition coefficient (Wildman–Crippen LogP) is 2.25. The lowest BCUT2D eigenvalue weighted by molar-refractivity contribution is -0.116. The van der Waals surface area contributed by atoms with Gasteiger partial charge in [-0.3, -0.25) is 9.78 Å². The van der Waals surface area contributed by atoms with Crippen molar-refractivity contribution in [1.29, 1.82) is 0 Å². The van der Waals surface area contributed by atoms with E-state index in [0.717, 1.165) is 16.8 Å². The van der Waals surface area contributed by atoms with Crippen LogP contribution in [0, 0.1) is 0 Å². The normalized spacial score (nSPS) is 18.1. The van der Waals surface area contributed by atoms with E-state index in [0.29, 0.717) is 12.1 Å². The Labute approximate surface area is 169 Å². The first-order chi connectivity index (χ1) is 14.0. The van der Waals surface area contributed by atoms with Gasteiger partial charge in [0.1, 0.15) is 5.69 Å². The summed E-state index contributed by atoms with van der Waals surface area (Å²) in [6.07, 6.45) is 8.82. The second-order valence-electron chi connectivity index (χ2n) is 6.90. The second-order valence-corrected chi connectivity index (χ2v) is 9.13. The highest BCUT2D eigenvalue weighted by atomic mass is 32.2. The van der Waals surface area contributed by atoms with E-state index in [1.165, 1.54) is 6.08 Å². The average molecular weight is 408 g/mol. The molecule has 4 rings (SSSR count). The van der Waals surface area contributed by atoms with Crippen LogP contribution >= 0.6 is 0 Å². The lowest BCUT2D eigenvalue weighted by Crippen LogP contribution is -2.34. The number of aromatic nitrogens is 3. The number of nitrogens with one attached hydrogen (secondary N) is 1. The number of hydrogen-bond donors (Lipinski definition) is 1. The van der Waals surface area contributed by atoms with E-state index in [1.54, 1.807) is 23.2 Å². The molecular formula is C21H20N4O3S. The highest BCUT2D eigenvalue weighted by Gasteiger charge is 2.28. The number of rotatable bonds is 5. The van der Waals surface area contributed by atoms with Crippen LogP contribution in [-0.4, -0.2) is 46.6 Å². The largest absolute Gasteiger partial charge is 0.349 e. The van der Waals surface area contributed by atoms with Crippen LogP contribution in [0.1, 0.15) is 12.0 Å². The zero-order valence-electron chi connectivity index (χ0n) is 15.6. The monoisotopic (exact) mass is 408 g/mol. The van der Waals surface area contributed by atoms with Gasteiger partial charge in [0.05, 0.1) is 17.2 Å². The van der Waals surface area contributed by atoms with Crippen LogP contribution in [0.5, 0.6) is 0 Å². The van der Waals surface area contributed by atoms with Gasteiger partial charge in [0, 0.05) is 41.8 Å². The lowest BCUT2D eigenvalue weighted by atomic mass is 10.1. The zero-order valence-corrected chi connectivity index (χ0v) is 16.4. The number of hydrogen-bond acceptors (Lipinski definition) is 5. The molecule has 0 radical (unpaired) electrons. The van der Waals surface area contributed by atoms with E-state index >= 15 is 0 Å². The standard InChI is InChI=1S/C21H20N4O3S/c26-20(23-18-10-12-29(27,28)15-18)9-8-17-14-25(19-6-2-1-3-7-19)24-21(17)16-5-4-11-22-13-16/h1-9,11,13-14,18H,10,12,15H2,(H,23,26)/b9-8+. The van der Waals surface area contributed by atoms with Gasteiger partial charge in [0.15, 0.2) is 9.84 Å². The molecule has 1 N–H and O–H groups in total. The summed E-state index contributed by atoms with van der Waals surface area (Å²) < 4.78 is 24.9. The van der Waals surface area contributed by atoms with Crippen LogP contribution in [0.2, 0.25) is 0 Å². The van der Waals surface area contributed by atoms with Crippen LogP contribution in [0.15, 0.2) is 67.1 Å². The smallest absolute Gasteiger partial charge is 0.244 e. The minimum absolute atomic E-state index is 0.000541. The molecule has 148 valence electrons. The molecule has 7 nitrogen and oxygen atoms in total. The number of benzene rings is 1. The van der Waals surface area contributed by atoms with E-state index in [4.69, 9.17) is 0 Å². The van der Waals surface area contributed by atoms with Crippen molar-refractivity contribution in [3.63, 3.8) is 0 Å². The number of sulfone groups is 1. The van der Waals surface area contributed by atoms with Crippen LogP contribution in [0.3, 0.4) is 0 Å². The Bertz CT molecular complexity index is 1140. The summed E-state index contributed by atoms with van der Waals surface area (Å²) in [7, 11) is -3.04. The number of carbonyl (C=O) groups excluding carboxylic acids is 1. The van der Waals surface area contributed by atoms with Crippen LogP contribution in [-0.2, 0) is 14.6 Å². The first kappa shape index (κ1) is 19.1. The maximum Gasteiger partial charge on any atom is 0.244 e. The van der Waals surface area contributed by atoms with Crippen molar-refractivity contribution in [2.75, 3.05) is 11.5 Å². The molecule has 2 aromatic heterocycles. The zero-order chi connectivity index (χ0) is 20.3. The number of para-hydroxylation sites is 1. The van der Waals surface area contributed by atoms with Crippen molar-refractivity contribution in [2.45, 2.75) is 12.5 Å². The van der Waals surface area contributed by atoms with E-state index in [-0.39, 0.29) is 23.5 Å². The van der Waals surface area contributed by atoms with Gasteiger partial charge in [0.25, 0.3) is 0 Å². The molecule has 8 heteroatoms. The van der Waals surface area contributed by atoms with Crippen molar-refractivity contribution in [2.24, 2.45) is 0 Å². The summed E-state index contributed by atoms with van der Waals surface area (Å²) in [6, 6.07) is 13.1. The van der Waals surface area contributed by atoms with Gasteiger partial charge in [-0.05, 0) is 36.8 Å². The number of pyridine rings is 1.